The highest BCUT2D eigenvalue weighted by Crippen LogP contribution is -0.275. The Balaban J connectivity index is 0. The molecule has 0 unspecified atom stereocenters. The van der Waals surface area contributed by atoms with Gasteiger partial charge in [-0.1, -0.05) is 0 Å². The summed E-state index contributed by atoms with van der Waals surface area (Å²) in [7, 11) is 0. The molecule has 0 aliphatic heterocycles. The Bertz CT molecular complexity index is 0. The third-order valence-corrected chi connectivity index (χ3v) is 0. The van der Waals surface area contributed by atoms with Crippen molar-refractivity contribution in [1.82, 2.24) is 0 Å². The van der Waals surface area contributed by atoms with Gasteiger partial charge in [0.1, 0.15) is 0 Å². The average Bonchev–Trinajstić information content (AvgIpc) is 0. The fraction of sp³-hybridized carbons (Fsp3) is 0. The van der Waals surface area contributed by atoms with E-state index in [0.29, 0.717) is 0 Å². The second kappa shape index (κ2) is 5720. The lowest BCUT2D eigenvalue weighted by Gasteiger charge is -0.413. The zero-order valence-electron chi connectivity index (χ0n) is 7.50. The van der Waals surface area contributed by atoms with E-state index in [4.69, 9.17) is 0 Å². The van der Waals surface area contributed by atoms with E-state index in [9.17, 15) is 0 Å². The molecule has 0 fully saturated rings. The first-order valence-electron chi connectivity index (χ1n) is 0. The Morgan fingerprint density at radius 1 is 0.0667 bits per heavy atom. The largest absolute Gasteiger partial charge is 0.412 e. The molecule has 15 heavy (non-hydrogen) atoms. The lowest BCUT2D eigenvalue weighted by atomic mass is 16.0. The number of hydrogen-bond acceptors (Lipinski definition) is 0. The molecule has 15 heteroatoms. The summed E-state index contributed by atoms with van der Waals surface area (Å²) in [5, 5.41) is 0. The minimum atomic E-state index is 0. The topological polar surface area (TPSA) is 472 Å². The summed E-state index contributed by atoms with van der Waals surface area (Å²) in [6.45, 7) is 0. The third-order valence-electron chi connectivity index (χ3n) is 0. The molecule has 0 radical (unpaired) electrons. The number of hydrogen-bond donors (Lipinski definition) is 0. The van der Waals surface area contributed by atoms with Crippen LogP contribution in [0.25, 0.3) is 0 Å². The molecule has 0 aromatic heterocycles. The molecule has 0 amide bonds. The molecule has 0 saturated heterocycles. The summed E-state index contributed by atoms with van der Waals surface area (Å²) in [6, 6.07) is 0. The molecular formula is H30O15. The predicted octanol–water partition coefficient (Wildman–Crippen LogP) is -12.4. The first-order valence-corrected chi connectivity index (χ1v) is 0. The van der Waals surface area contributed by atoms with Crippen molar-refractivity contribution in [3.8, 4) is 0 Å². The second-order valence-corrected chi connectivity index (χ2v) is 0. The van der Waals surface area contributed by atoms with Crippen molar-refractivity contribution in [3.05, 3.63) is 0 Å². The molecule has 0 aromatic rings. The van der Waals surface area contributed by atoms with Crippen LogP contribution in [0.15, 0.2) is 0 Å². The van der Waals surface area contributed by atoms with Crippen LogP contribution in [0, 0.1) is 0 Å². The zero-order valence-corrected chi connectivity index (χ0v) is 7.50. The van der Waals surface area contributed by atoms with Crippen molar-refractivity contribution in [3.63, 3.8) is 0 Å². The van der Waals surface area contributed by atoms with Gasteiger partial charge in [0.15, 0.2) is 0 Å². The Hall–Kier alpha value is -0.600. The predicted molar refractivity (Wildman–Crippen MR) is 54.2 cm³/mol. The summed E-state index contributed by atoms with van der Waals surface area (Å²) in [6.07, 6.45) is 0. The fourth-order valence-corrected chi connectivity index (χ4v) is 0. The molecule has 0 saturated carbocycles. The monoisotopic (exact) mass is 270 g/mol. The van der Waals surface area contributed by atoms with Crippen LogP contribution in [0.3, 0.4) is 0 Å². The van der Waals surface area contributed by atoms with Crippen LogP contribution in [-0.2, 0) is 0 Å². The van der Waals surface area contributed by atoms with E-state index >= 15 is 0 Å². The minimum absolute atomic E-state index is 0. The average molecular weight is 270 g/mol. The first kappa shape index (κ1) is 7180. The van der Waals surface area contributed by atoms with Crippen molar-refractivity contribution < 1.29 is 82.1 Å². The molecule has 0 aliphatic rings. The highest BCUT2D eigenvalue weighted by Gasteiger charge is -0.398. The lowest BCUT2D eigenvalue weighted by molar-refractivity contribution is 0.823. The molecular weight excluding hydrogens is 240 g/mol. The highest BCUT2D eigenvalue weighted by atomic mass is 16.0. The smallest absolute Gasteiger partial charge is 0.412 e. The van der Waals surface area contributed by atoms with Crippen LogP contribution in [-0.4, -0.2) is 82.1 Å². The van der Waals surface area contributed by atoms with E-state index in [1.165, 1.54) is 0 Å². The van der Waals surface area contributed by atoms with Gasteiger partial charge >= 0.3 is 0 Å². The van der Waals surface area contributed by atoms with Crippen molar-refractivity contribution in [1.29, 1.82) is 0 Å². The zero-order chi connectivity index (χ0) is 0. The maximum atomic E-state index is 0. The number of rotatable bonds is 0. The normalized spacial score (nSPS) is 0. The summed E-state index contributed by atoms with van der Waals surface area (Å²) in [5.74, 6) is 0. The molecule has 0 heterocycles. The molecule has 15 nitrogen and oxygen atoms in total. The van der Waals surface area contributed by atoms with Crippen LogP contribution in [0.2, 0.25) is 0 Å². The molecule has 0 aromatic carbocycles. The van der Waals surface area contributed by atoms with Gasteiger partial charge in [-0.25, -0.2) is 0 Å². The maximum Gasteiger partial charge on any atom is -0.412 e. The Labute approximate surface area is 83.6 Å². The summed E-state index contributed by atoms with van der Waals surface area (Å²) < 4.78 is 0. The molecule has 0 aliphatic carbocycles. The van der Waals surface area contributed by atoms with Gasteiger partial charge in [-0.3, -0.25) is 0 Å². The molecule has 0 bridgehead atoms. The van der Waals surface area contributed by atoms with Crippen LogP contribution in [0.5, 0.6) is 0 Å². The molecule has 0 atom stereocenters. The SMILES string of the molecule is O.O.O.O.O.O.O.O.O.O.O.O.O.O.O. The van der Waals surface area contributed by atoms with E-state index < -0.39 is 0 Å². The second-order valence-electron chi connectivity index (χ2n) is 0. The maximum absolute atomic E-state index is 0. The molecule has 30 N–H and O–H groups in total. The minimum Gasteiger partial charge on any atom is -0.412 e. The van der Waals surface area contributed by atoms with E-state index in [1.807, 2.05) is 0 Å². The summed E-state index contributed by atoms with van der Waals surface area (Å²) >= 11 is 0. The van der Waals surface area contributed by atoms with Gasteiger partial charge in [-0.05, 0) is 0 Å². The molecule has 0 spiro atoms. The van der Waals surface area contributed by atoms with Crippen LogP contribution < -0.4 is 0 Å². The lowest BCUT2D eigenvalue weighted by Crippen LogP contribution is -0.290. The van der Waals surface area contributed by atoms with Gasteiger partial charge in [-0.15, -0.1) is 0 Å². The quantitative estimate of drug-likeness (QED) is 0.395. The van der Waals surface area contributed by atoms with Crippen molar-refractivity contribution >= 4 is 0 Å². The summed E-state index contributed by atoms with van der Waals surface area (Å²) in [5.41, 5.74) is 0. The van der Waals surface area contributed by atoms with Gasteiger partial charge < -0.3 is 82.1 Å². The Morgan fingerprint density at radius 3 is 0.0667 bits per heavy atom. The van der Waals surface area contributed by atoms with Crippen molar-refractivity contribution in [2.24, 2.45) is 0 Å². The fourth-order valence-electron chi connectivity index (χ4n) is 0. The van der Waals surface area contributed by atoms with Crippen LogP contribution >= 0.6 is 0 Å². The van der Waals surface area contributed by atoms with Crippen molar-refractivity contribution in [2.75, 3.05) is 0 Å². The highest BCUT2D eigenvalue weighted by molar-refractivity contribution is 0.838. The first-order chi connectivity index (χ1) is 0. The van der Waals surface area contributed by atoms with E-state index in [1.54, 1.807) is 0 Å². The molecule has 0 rings (SSSR count). The summed E-state index contributed by atoms with van der Waals surface area (Å²) in [4.78, 5) is 0. The van der Waals surface area contributed by atoms with Crippen molar-refractivity contribution in [2.45, 2.75) is 0 Å². The van der Waals surface area contributed by atoms with E-state index in [2.05, 4.69) is 0 Å². The van der Waals surface area contributed by atoms with Crippen LogP contribution in [0.4, 0.5) is 0 Å². The van der Waals surface area contributed by atoms with Gasteiger partial charge in [0.05, 0.1) is 0 Å². The van der Waals surface area contributed by atoms with Crippen LogP contribution in [0.1, 0.15) is 0 Å². The molecule has 120 valence electrons. The van der Waals surface area contributed by atoms with E-state index in [-0.39, 0.29) is 82.1 Å². The Morgan fingerprint density at radius 2 is 0.0667 bits per heavy atom. The standard InChI is InChI=1S/15H2O/h15*1H2. The van der Waals surface area contributed by atoms with Gasteiger partial charge in [0.25, 0.3) is 0 Å². The van der Waals surface area contributed by atoms with Gasteiger partial charge in [0, 0.05) is 0 Å². The van der Waals surface area contributed by atoms with Gasteiger partial charge in [0.2, 0.25) is 0 Å². The third kappa shape index (κ3) is 4840. The van der Waals surface area contributed by atoms with Gasteiger partial charge in [-0.2, -0.15) is 0 Å². The van der Waals surface area contributed by atoms with E-state index in [0.717, 1.165) is 0 Å². The Kier molecular flexibility index (Phi) is 2740000.